The predicted molar refractivity (Wildman–Crippen MR) is 77.8 cm³/mol. The fourth-order valence-electron chi connectivity index (χ4n) is 2.45. The van der Waals surface area contributed by atoms with Gasteiger partial charge in [-0.05, 0) is 6.42 Å². The van der Waals surface area contributed by atoms with Crippen LogP contribution >= 0.6 is 11.3 Å². The molecule has 108 valence electrons. The van der Waals surface area contributed by atoms with Gasteiger partial charge in [0.2, 0.25) is 0 Å². The number of aromatic nitrogens is 1. The van der Waals surface area contributed by atoms with E-state index in [2.05, 4.69) is 11.8 Å². The molecule has 1 aromatic heterocycles. The molecule has 1 aliphatic heterocycles. The Morgan fingerprint density at radius 3 is 2.42 bits per heavy atom. The van der Waals surface area contributed by atoms with E-state index in [1.165, 1.54) is 4.88 Å². The summed E-state index contributed by atoms with van der Waals surface area (Å²) in [7, 11) is 3.46. The van der Waals surface area contributed by atoms with Gasteiger partial charge in [-0.25, -0.2) is 4.98 Å². The number of methoxy groups -OCH3 is 2. The number of thiazole rings is 1. The van der Waals surface area contributed by atoms with Gasteiger partial charge in [0, 0.05) is 38.7 Å². The van der Waals surface area contributed by atoms with E-state index in [4.69, 9.17) is 20.2 Å². The van der Waals surface area contributed by atoms with E-state index in [0.29, 0.717) is 6.54 Å². The van der Waals surface area contributed by atoms with Gasteiger partial charge in [0.05, 0.1) is 5.69 Å². The van der Waals surface area contributed by atoms with E-state index >= 15 is 0 Å². The molecule has 2 heterocycles. The highest BCUT2D eigenvalue weighted by Crippen LogP contribution is 2.30. The Labute approximate surface area is 118 Å². The second-order valence-electron chi connectivity index (χ2n) is 4.77. The molecular weight excluding hydrogens is 262 g/mol. The second kappa shape index (κ2) is 6.65. The van der Waals surface area contributed by atoms with Crippen molar-refractivity contribution in [2.75, 3.05) is 32.2 Å². The SMILES string of the molecule is CCCc1nc(N2CC(OC)C(OC)C2)sc1CN. The number of hydrogen-bond donors (Lipinski definition) is 1. The summed E-state index contributed by atoms with van der Waals surface area (Å²) in [5.74, 6) is 0. The fraction of sp³-hybridized carbons (Fsp3) is 0.769. The molecule has 1 saturated heterocycles. The number of hydrogen-bond acceptors (Lipinski definition) is 6. The normalized spacial score (nSPS) is 23.3. The zero-order valence-corrected chi connectivity index (χ0v) is 12.7. The van der Waals surface area contributed by atoms with Crippen LogP contribution in [-0.4, -0.2) is 44.5 Å². The first-order chi connectivity index (χ1) is 9.23. The lowest BCUT2D eigenvalue weighted by Crippen LogP contribution is -2.27. The molecule has 0 amide bonds. The highest BCUT2D eigenvalue weighted by molar-refractivity contribution is 7.15. The monoisotopic (exact) mass is 285 g/mol. The molecule has 0 aromatic carbocycles. The molecular formula is C13H23N3O2S. The molecule has 0 bridgehead atoms. The van der Waals surface area contributed by atoms with Crippen LogP contribution in [0.2, 0.25) is 0 Å². The van der Waals surface area contributed by atoms with E-state index < -0.39 is 0 Å². The molecule has 0 radical (unpaired) electrons. The van der Waals surface area contributed by atoms with E-state index in [-0.39, 0.29) is 12.2 Å². The van der Waals surface area contributed by atoms with E-state index in [9.17, 15) is 0 Å². The average Bonchev–Trinajstić information content (AvgIpc) is 3.01. The Morgan fingerprint density at radius 1 is 1.32 bits per heavy atom. The summed E-state index contributed by atoms with van der Waals surface area (Å²) in [6.45, 7) is 4.40. The quantitative estimate of drug-likeness (QED) is 0.856. The van der Waals surface area contributed by atoms with Gasteiger partial charge >= 0.3 is 0 Å². The largest absolute Gasteiger partial charge is 0.377 e. The highest BCUT2D eigenvalue weighted by atomic mass is 32.1. The Morgan fingerprint density at radius 2 is 1.95 bits per heavy atom. The summed E-state index contributed by atoms with van der Waals surface area (Å²) >= 11 is 1.70. The number of anilines is 1. The Kier molecular flexibility index (Phi) is 5.15. The Bertz CT molecular complexity index is 399. The maximum absolute atomic E-state index is 5.80. The Hall–Kier alpha value is -0.690. The first-order valence-corrected chi connectivity index (χ1v) is 7.54. The lowest BCUT2D eigenvalue weighted by atomic mass is 10.2. The number of nitrogens with two attached hydrogens (primary N) is 1. The summed E-state index contributed by atoms with van der Waals surface area (Å²) in [6.07, 6.45) is 2.32. The first kappa shape index (κ1) is 14.7. The number of aryl methyl sites for hydroxylation is 1. The van der Waals surface area contributed by atoms with Crippen LogP contribution in [-0.2, 0) is 22.4 Å². The number of ether oxygens (including phenoxy) is 2. The molecule has 0 saturated carbocycles. The highest BCUT2D eigenvalue weighted by Gasteiger charge is 2.34. The predicted octanol–water partition coefficient (Wildman–Crippen LogP) is 1.40. The standard InChI is InChI=1S/C13H23N3O2S/c1-4-5-9-12(6-14)19-13(15-9)16-7-10(17-2)11(8-16)18-3/h10-11H,4-8,14H2,1-3H3. The van der Waals surface area contributed by atoms with Crippen molar-refractivity contribution < 1.29 is 9.47 Å². The van der Waals surface area contributed by atoms with Crippen molar-refractivity contribution in [3.63, 3.8) is 0 Å². The topological polar surface area (TPSA) is 60.6 Å². The number of rotatable bonds is 6. The van der Waals surface area contributed by atoms with Crippen LogP contribution in [0.1, 0.15) is 23.9 Å². The molecule has 5 nitrogen and oxygen atoms in total. The molecule has 2 rings (SSSR count). The van der Waals surface area contributed by atoms with Crippen molar-refractivity contribution in [1.82, 2.24) is 4.98 Å². The van der Waals surface area contributed by atoms with Crippen LogP contribution in [0.4, 0.5) is 5.13 Å². The second-order valence-corrected chi connectivity index (χ2v) is 5.84. The van der Waals surface area contributed by atoms with Crippen molar-refractivity contribution >= 4 is 16.5 Å². The lowest BCUT2D eigenvalue weighted by molar-refractivity contribution is -0.00461. The van der Waals surface area contributed by atoms with Crippen LogP contribution in [0.25, 0.3) is 0 Å². The summed E-state index contributed by atoms with van der Waals surface area (Å²) in [5, 5.41) is 1.05. The minimum atomic E-state index is 0.116. The smallest absolute Gasteiger partial charge is 0.186 e. The van der Waals surface area contributed by atoms with Crippen molar-refractivity contribution in [2.45, 2.75) is 38.5 Å². The summed E-state index contributed by atoms with van der Waals surface area (Å²) in [5.41, 5.74) is 6.96. The number of nitrogens with zero attached hydrogens (tertiary/aromatic N) is 2. The van der Waals surface area contributed by atoms with Crippen LogP contribution in [0.15, 0.2) is 0 Å². The molecule has 1 aromatic rings. The first-order valence-electron chi connectivity index (χ1n) is 6.72. The third-order valence-corrected chi connectivity index (χ3v) is 4.71. The van der Waals surface area contributed by atoms with Gasteiger partial charge in [-0.1, -0.05) is 13.3 Å². The molecule has 0 aliphatic carbocycles. The van der Waals surface area contributed by atoms with Gasteiger partial charge in [0.1, 0.15) is 12.2 Å². The van der Waals surface area contributed by atoms with Crippen LogP contribution < -0.4 is 10.6 Å². The molecule has 2 atom stereocenters. The van der Waals surface area contributed by atoms with Gasteiger partial charge in [0.15, 0.2) is 5.13 Å². The molecule has 19 heavy (non-hydrogen) atoms. The van der Waals surface area contributed by atoms with Gasteiger partial charge in [-0.15, -0.1) is 11.3 Å². The molecule has 0 spiro atoms. The zero-order valence-electron chi connectivity index (χ0n) is 11.9. The summed E-state index contributed by atoms with van der Waals surface area (Å²) < 4.78 is 10.9. The van der Waals surface area contributed by atoms with Crippen molar-refractivity contribution in [3.05, 3.63) is 10.6 Å². The van der Waals surface area contributed by atoms with E-state index in [1.54, 1.807) is 25.6 Å². The van der Waals surface area contributed by atoms with Crippen molar-refractivity contribution in [1.29, 1.82) is 0 Å². The maximum atomic E-state index is 5.80. The molecule has 1 fully saturated rings. The van der Waals surface area contributed by atoms with Crippen LogP contribution in [0.3, 0.4) is 0 Å². The molecule has 2 unspecified atom stereocenters. The molecule has 6 heteroatoms. The van der Waals surface area contributed by atoms with Gasteiger partial charge < -0.3 is 20.1 Å². The zero-order chi connectivity index (χ0) is 13.8. The van der Waals surface area contributed by atoms with E-state index in [0.717, 1.165) is 36.8 Å². The average molecular weight is 285 g/mol. The lowest BCUT2D eigenvalue weighted by Gasteiger charge is -2.13. The minimum Gasteiger partial charge on any atom is -0.377 e. The minimum absolute atomic E-state index is 0.116. The van der Waals surface area contributed by atoms with Crippen LogP contribution in [0, 0.1) is 0 Å². The molecule has 2 N–H and O–H groups in total. The molecule has 1 aliphatic rings. The van der Waals surface area contributed by atoms with Gasteiger partial charge in [-0.3, -0.25) is 0 Å². The van der Waals surface area contributed by atoms with Gasteiger partial charge in [-0.2, -0.15) is 0 Å². The van der Waals surface area contributed by atoms with Crippen molar-refractivity contribution in [2.24, 2.45) is 5.73 Å². The summed E-state index contributed by atoms with van der Waals surface area (Å²) in [6, 6.07) is 0. The summed E-state index contributed by atoms with van der Waals surface area (Å²) in [4.78, 5) is 8.19. The Balaban J connectivity index is 2.14. The van der Waals surface area contributed by atoms with Crippen molar-refractivity contribution in [3.8, 4) is 0 Å². The van der Waals surface area contributed by atoms with Gasteiger partial charge in [0.25, 0.3) is 0 Å². The van der Waals surface area contributed by atoms with E-state index in [1.807, 2.05) is 0 Å². The van der Waals surface area contributed by atoms with Crippen LogP contribution in [0.5, 0.6) is 0 Å². The third kappa shape index (κ3) is 3.08. The fourth-order valence-corrected chi connectivity index (χ4v) is 3.45. The third-order valence-electron chi connectivity index (χ3n) is 3.53. The maximum Gasteiger partial charge on any atom is 0.186 e.